The van der Waals surface area contributed by atoms with E-state index in [0.29, 0.717) is 0 Å². The molecule has 13 heteroatoms. The Morgan fingerprint density at radius 1 is 0.795 bits per heavy atom. The number of methoxy groups -OCH3 is 1. The molecule has 5 aliphatic heterocycles. The highest BCUT2D eigenvalue weighted by atomic mass is 16.6. The van der Waals surface area contributed by atoms with Gasteiger partial charge in [0.2, 0.25) is 0 Å². The van der Waals surface area contributed by atoms with Crippen molar-refractivity contribution in [2.24, 2.45) is 10.8 Å². The SMILES string of the molecule is COCC(C)OC(=O)C(C1CCC(=O)O1)(C1CCC(=O)O1)C1CC(C2CCC(=O)O2)(C2CCC(=O)O2)C(=O)O1. The Balaban J connectivity index is 1.60. The molecule has 5 saturated heterocycles. The van der Waals surface area contributed by atoms with Crippen LogP contribution in [0, 0.1) is 10.8 Å². The maximum atomic E-state index is 14.2. The van der Waals surface area contributed by atoms with E-state index in [4.69, 9.17) is 33.2 Å². The van der Waals surface area contributed by atoms with Crippen LogP contribution in [0.1, 0.15) is 64.7 Å². The quantitative estimate of drug-likeness (QED) is 0.289. The molecular formula is C26H32O13. The van der Waals surface area contributed by atoms with Gasteiger partial charge in [-0.15, -0.1) is 0 Å². The third-order valence-corrected chi connectivity index (χ3v) is 8.50. The highest BCUT2D eigenvalue weighted by Gasteiger charge is 2.73. The maximum absolute atomic E-state index is 14.2. The van der Waals surface area contributed by atoms with E-state index in [-0.39, 0.29) is 64.4 Å². The Morgan fingerprint density at radius 3 is 1.69 bits per heavy atom. The van der Waals surface area contributed by atoms with Crippen LogP contribution < -0.4 is 0 Å². The minimum atomic E-state index is -1.91. The molecule has 5 rings (SSSR count). The van der Waals surface area contributed by atoms with Crippen molar-refractivity contribution >= 4 is 35.8 Å². The number of rotatable bonds is 9. The van der Waals surface area contributed by atoms with E-state index >= 15 is 0 Å². The molecule has 214 valence electrons. The lowest BCUT2D eigenvalue weighted by atomic mass is 9.64. The Morgan fingerprint density at radius 2 is 1.28 bits per heavy atom. The second-order valence-corrected chi connectivity index (χ2v) is 10.8. The van der Waals surface area contributed by atoms with Crippen molar-refractivity contribution in [2.45, 2.75) is 101 Å². The summed E-state index contributed by atoms with van der Waals surface area (Å²) in [5.74, 6) is -3.80. The summed E-state index contributed by atoms with van der Waals surface area (Å²) in [6.07, 6.45) is -5.74. The second kappa shape index (κ2) is 10.4. The number of carbonyl (C=O) groups is 6. The standard InChI is InChI=1S/C26H32O13/c1-13(12-33-2)34-24(32)26(16-5-9-21(29)37-16,17-6-10-22(30)38-17)18-11-25(23(31)39-18,14-3-7-19(27)35-14)15-4-8-20(28)36-15/h13-18H,3-12H2,1-2H3. The van der Waals surface area contributed by atoms with E-state index in [1.54, 1.807) is 6.92 Å². The molecule has 0 spiro atoms. The van der Waals surface area contributed by atoms with E-state index in [1.807, 2.05) is 0 Å². The van der Waals surface area contributed by atoms with Crippen molar-refractivity contribution in [1.82, 2.24) is 0 Å². The third kappa shape index (κ3) is 4.53. The van der Waals surface area contributed by atoms with Crippen LogP contribution in [0.3, 0.4) is 0 Å². The van der Waals surface area contributed by atoms with Crippen LogP contribution in [0.4, 0.5) is 0 Å². The van der Waals surface area contributed by atoms with Crippen molar-refractivity contribution < 1.29 is 61.9 Å². The van der Waals surface area contributed by atoms with Gasteiger partial charge in [-0.1, -0.05) is 0 Å². The van der Waals surface area contributed by atoms with E-state index in [2.05, 4.69) is 0 Å². The van der Waals surface area contributed by atoms with Gasteiger partial charge in [-0.2, -0.15) is 0 Å². The van der Waals surface area contributed by atoms with Crippen molar-refractivity contribution in [3.63, 3.8) is 0 Å². The number of cyclic esters (lactones) is 5. The summed E-state index contributed by atoms with van der Waals surface area (Å²) in [5.41, 5.74) is -3.51. The molecule has 0 aromatic carbocycles. The van der Waals surface area contributed by atoms with E-state index in [1.165, 1.54) is 7.11 Å². The smallest absolute Gasteiger partial charge is 0.323 e. The molecule has 0 aliphatic carbocycles. The maximum Gasteiger partial charge on any atom is 0.323 e. The molecule has 0 amide bonds. The van der Waals surface area contributed by atoms with Gasteiger partial charge in [0.25, 0.3) is 0 Å². The number of hydrogen-bond acceptors (Lipinski definition) is 13. The lowest BCUT2D eigenvalue weighted by molar-refractivity contribution is -0.204. The molecule has 39 heavy (non-hydrogen) atoms. The Bertz CT molecular complexity index is 1010. The summed E-state index contributed by atoms with van der Waals surface area (Å²) in [6, 6.07) is 0. The van der Waals surface area contributed by atoms with Crippen LogP contribution in [-0.4, -0.2) is 86.2 Å². The first-order valence-corrected chi connectivity index (χ1v) is 13.3. The number of esters is 6. The molecule has 5 fully saturated rings. The monoisotopic (exact) mass is 552 g/mol. The fraction of sp³-hybridized carbons (Fsp3) is 0.769. The summed E-state index contributed by atoms with van der Waals surface area (Å²) >= 11 is 0. The Hall–Kier alpha value is -3.22. The first-order chi connectivity index (χ1) is 18.6. The summed E-state index contributed by atoms with van der Waals surface area (Å²) in [5, 5.41) is 0. The third-order valence-electron chi connectivity index (χ3n) is 8.50. The first kappa shape index (κ1) is 27.4. The molecule has 6 unspecified atom stereocenters. The van der Waals surface area contributed by atoms with Crippen LogP contribution in [-0.2, 0) is 61.9 Å². The zero-order chi connectivity index (χ0) is 27.9. The number of hydrogen-bond donors (Lipinski definition) is 0. The minimum absolute atomic E-state index is 0.000271. The molecule has 0 aromatic heterocycles. The van der Waals surface area contributed by atoms with Crippen LogP contribution in [0.2, 0.25) is 0 Å². The van der Waals surface area contributed by atoms with Crippen molar-refractivity contribution in [3.05, 3.63) is 0 Å². The van der Waals surface area contributed by atoms with E-state index < -0.39 is 83.3 Å². The summed E-state index contributed by atoms with van der Waals surface area (Å²) in [6.45, 7) is 1.66. The van der Waals surface area contributed by atoms with Gasteiger partial charge in [0, 0.05) is 39.2 Å². The zero-order valence-corrected chi connectivity index (χ0v) is 21.8. The van der Waals surface area contributed by atoms with Crippen LogP contribution in [0.15, 0.2) is 0 Å². The van der Waals surface area contributed by atoms with Crippen molar-refractivity contribution in [1.29, 1.82) is 0 Å². The summed E-state index contributed by atoms with van der Waals surface area (Å²) in [4.78, 5) is 76.8. The highest BCUT2D eigenvalue weighted by molar-refractivity contribution is 5.88. The van der Waals surface area contributed by atoms with E-state index in [9.17, 15) is 28.8 Å². The van der Waals surface area contributed by atoms with Gasteiger partial charge in [-0.05, 0) is 32.6 Å². The highest BCUT2D eigenvalue weighted by Crippen LogP contribution is 2.56. The van der Waals surface area contributed by atoms with Crippen molar-refractivity contribution in [2.75, 3.05) is 13.7 Å². The average molecular weight is 553 g/mol. The minimum Gasteiger partial charge on any atom is -0.461 e. The lowest BCUT2D eigenvalue weighted by Crippen LogP contribution is -2.60. The average Bonchev–Trinajstić information content (AvgIpc) is 3.70. The Labute approximate surface area is 224 Å². The van der Waals surface area contributed by atoms with Crippen LogP contribution >= 0.6 is 0 Å². The van der Waals surface area contributed by atoms with Gasteiger partial charge in [-0.25, -0.2) is 0 Å². The summed E-state index contributed by atoms with van der Waals surface area (Å²) < 4.78 is 39.1. The lowest BCUT2D eigenvalue weighted by Gasteiger charge is -2.43. The predicted octanol–water partition coefficient (Wildman–Crippen LogP) is 0.675. The molecule has 6 atom stereocenters. The molecule has 5 aliphatic rings. The topological polar surface area (TPSA) is 167 Å². The van der Waals surface area contributed by atoms with Gasteiger partial charge in [0.05, 0.1) is 6.61 Å². The number of carbonyl (C=O) groups excluding carboxylic acids is 6. The van der Waals surface area contributed by atoms with Crippen LogP contribution in [0.25, 0.3) is 0 Å². The van der Waals surface area contributed by atoms with Crippen molar-refractivity contribution in [3.8, 4) is 0 Å². The largest absolute Gasteiger partial charge is 0.461 e. The fourth-order valence-electron chi connectivity index (χ4n) is 6.74. The second-order valence-electron chi connectivity index (χ2n) is 10.8. The molecule has 5 heterocycles. The van der Waals surface area contributed by atoms with Gasteiger partial charge < -0.3 is 33.2 Å². The van der Waals surface area contributed by atoms with Gasteiger partial charge in [0.1, 0.15) is 42.0 Å². The molecular weight excluding hydrogens is 520 g/mol. The normalized spacial score (nSPS) is 36.6. The first-order valence-electron chi connectivity index (χ1n) is 13.3. The molecule has 0 bridgehead atoms. The molecule has 0 aromatic rings. The molecule has 0 radical (unpaired) electrons. The number of ether oxygens (including phenoxy) is 7. The van der Waals surface area contributed by atoms with Crippen LogP contribution in [0.5, 0.6) is 0 Å². The fourth-order valence-corrected chi connectivity index (χ4v) is 6.74. The van der Waals surface area contributed by atoms with Gasteiger partial charge in [0.15, 0.2) is 5.41 Å². The van der Waals surface area contributed by atoms with Gasteiger partial charge in [-0.3, -0.25) is 28.8 Å². The van der Waals surface area contributed by atoms with Gasteiger partial charge >= 0.3 is 35.8 Å². The Kier molecular flexibility index (Phi) is 7.29. The predicted molar refractivity (Wildman–Crippen MR) is 123 cm³/mol. The van der Waals surface area contributed by atoms with E-state index in [0.717, 1.165) is 0 Å². The molecule has 13 nitrogen and oxygen atoms in total. The summed E-state index contributed by atoms with van der Waals surface area (Å²) in [7, 11) is 1.44. The molecule has 0 saturated carbocycles. The zero-order valence-electron chi connectivity index (χ0n) is 21.8. The molecule has 0 N–H and O–H groups in total.